The van der Waals surface area contributed by atoms with Crippen LogP contribution in [-0.4, -0.2) is 10.1 Å². The summed E-state index contributed by atoms with van der Waals surface area (Å²) in [6, 6.07) is -0.425. The van der Waals surface area contributed by atoms with Gasteiger partial charge in [0.05, 0.1) is 6.04 Å². The van der Waals surface area contributed by atoms with Gasteiger partial charge in [-0.3, -0.25) is 0 Å². The van der Waals surface area contributed by atoms with Crippen LogP contribution >= 0.6 is 11.6 Å². The summed E-state index contributed by atoms with van der Waals surface area (Å²) < 4.78 is 29.3. The molecule has 0 saturated heterocycles. The van der Waals surface area contributed by atoms with E-state index in [1.807, 2.05) is 0 Å². The van der Waals surface area contributed by atoms with Gasteiger partial charge in [-0.05, 0) is 30.4 Å². The summed E-state index contributed by atoms with van der Waals surface area (Å²) in [5.41, 5.74) is 5.68. The van der Waals surface area contributed by atoms with Gasteiger partial charge in [-0.1, -0.05) is 5.16 Å². The number of alkyl halides is 3. The van der Waals surface area contributed by atoms with E-state index in [4.69, 9.17) is 17.3 Å². The maximum Gasteiger partial charge on any atom is 0.400 e. The van der Waals surface area contributed by atoms with Gasteiger partial charge < -0.3 is 10.3 Å². The van der Waals surface area contributed by atoms with Gasteiger partial charge in [0.1, 0.15) is 0 Å². The molecule has 2 N–H and O–H groups in total. The molecule has 4 nitrogen and oxygen atoms in total. The summed E-state index contributed by atoms with van der Waals surface area (Å²) in [7, 11) is 0. The Morgan fingerprint density at radius 2 is 2.21 bits per heavy atom. The molecule has 0 aliphatic heterocycles. The van der Waals surface area contributed by atoms with Gasteiger partial charge in [0, 0.05) is 0 Å². The molecule has 1 aromatic heterocycles. The van der Waals surface area contributed by atoms with Crippen LogP contribution in [0.2, 0.25) is 0 Å². The summed E-state index contributed by atoms with van der Waals surface area (Å²) in [5, 5.41) is -0.248. The molecule has 0 radical (unpaired) electrons. The Morgan fingerprint density at radius 1 is 1.57 bits per heavy atom. The number of hydrogen-bond acceptors (Lipinski definition) is 4. The predicted octanol–water partition coefficient (Wildman–Crippen LogP) is 1.77. The standard InChI is InChI=1S/C7H8ClF2N3O/c8-7(9,10)6-12-5(13-14-6)4(11)3-1-2-3/h3-4H,1-2,11H2. The maximum absolute atomic E-state index is 12.5. The minimum Gasteiger partial charge on any atom is -0.331 e. The van der Waals surface area contributed by atoms with Crippen molar-refractivity contribution in [3.05, 3.63) is 11.7 Å². The lowest BCUT2D eigenvalue weighted by Crippen LogP contribution is -2.14. The molecule has 1 atom stereocenters. The molecule has 0 bridgehead atoms. The summed E-state index contributed by atoms with van der Waals surface area (Å²) in [6.07, 6.45) is 1.95. The van der Waals surface area contributed by atoms with E-state index in [1.54, 1.807) is 0 Å². The first-order chi connectivity index (χ1) is 6.48. The van der Waals surface area contributed by atoms with Crippen molar-refractivity contribution in [1.29, 1.82) is 0 Å². The molecule has 0 amide bonds. The first kappa shape index (κ1) is 9.79. The number of nitrogens with two attached hydrogens (primary N) is 1. The van der Waals surface area contributed by atoms with E-state index >= 15 is 0 Å². The smallest absolute Gasteiger partial charge is 0.331 e. The van der Waals surface area contributed by atoms with E-state index in [1.165, 1.54) is 0 Å². The fraction of sp³-hybridized carbons (Fsp3) is 0.714. The SMILES string of the molecule is NC(c1noc(C(F)(F)Cl)n1)C1CC1. The van der Waals surface area contributed by atoms with Gasteiger partial charge in [0.15, 0.2) is 5.82 Å². The van der Waals surface area contributed by atoms with Crippen molar-refractivity contribution >= 4 is 11.6 Å². The van der Waals surface area contributed by atoms with Crippen LogP contribution in [-0.2, 0) is 5.38 Å². The Labute approximate surface area is 83.4 Å². The first-order valence-electron chi connectivity index (χ1n) is 4.15. The molecule has 1 aromatic rings. The first-order valence-corrected chi connectivity index (χ1v) is 4.52. The van der Waals surface area contributed by atoms with Gasteiger partial charge in [-0.15, -0.1) is 0 Å². The van der Waals surface area contributed by atoms with Crippen molar-refractivity contribution in [3.8, 4) is 0 Å². The van der Waals surface area contributed by atoms with Gasteiger partial charge in [-0.25, -0.2) is 0 Å². The van der Waals surface area contributed by atoms with E-state index in [0.29, 0.717) is 0 Å². The normalized spacial score (nSPS) is 19.7. The summed E-state index contributed by atoms with van der Waals surface area (Å²) in [5.74, 6) is -0.516. The third-order valence-corrected chi connectivity index (χ3v) is 2.27. The summed E-state index contributed by atoms with van der Waals surface area (Å²) in [4.78, 5) is 3.46. The Balaban J connectivity index is 2.16. The highest BCUT2D eigenvalue weighted by Gasteiger charge is 2.38. The molecule has 2 rings (SSSR count). The van der Waals surface area contributed by atoms with E-state index in [2.05, 4.69) is 14.7 Å². The molecule has 78 valence electrons. The zero-order chi connectivity index (χ0) is 10.3. The van der Waals surface area contributed by atoms with Crippen molar-refractivity contribution in [1.82, 2.24) is 10.1 Å². The van der Waals surface area contributed by atoms with Crippen molar-refractivity contribution in [3.63, 3.8) is 0 Å². The number of nitrogens with zero attached hydrogens (tertiary/aromatic N) is 2. The topological polar surface area (TPSA) is 64.9 Å². The van der Waals surface area contributed by atoms with E-state index in [-0.39, 0.29) is 11.7 Å². The van der Waals surface area contributed by atoms with Crippen LogP contribution < -0.4 is 5.73 Å². The van der Waals surface area contributed by atoms with Crippen LogP contribution in [0.4, 0.5) is 8.78 Å². The second-order valence-corrected chi connectivity index (χ2v) is 3.79. The highest BCUT2D eigenvalue weighted by Crippen LogP contribution is 2.39. The Morgan fingerprint density at radius 3 is 2.64 bits per heavy atom. The van der Waals surface area contributed by atoms with Gasteiger partial charge in [0.25, 0.3) is 0 Å². The molecule has 14 heavy (non-hydrogen) atoms. The Kier molecular flexibility index (Phi) is 2.19. The molecule has 1 aliphatic carbocycles. The molecule has 1 saturated carbocycles. The monoisotopic (exact) mass is 223 g/mol. The van der Waals surface area contributed by atoms with E-state index < -0.39 is 17.3 Å². The second kappa shape index (κ2) is 3.13. The molecule has 1 unspecified atom stereocenters. The molecule has 1 fully saturated rings. The van der Waals surface area contributed by atoms with Crippen LogP contribution in [0.25, 0.3) is 0 Å². The summed E-state index contributed by atoms with van der Waals surface area (Å²) in [6.45, 7) is 0. The highest BCUT2D eigenvalue weighted by molar-refractivity contribution is 6.21. The number of halogens is 3. The van der Waals surface area contributed by atoms with Crippen LogP contribution in [0.15, 0.2) is 4.52 Å². The predicted molar refractivity (Wildman–Crippen MR) is 43.7 cm³/mol. The van der Waals surface area contributed by atoms with Crippen LogP contribution in [0.5, 0.6) is 0 Å². The number of hydrogen-bond donors (Lipinski definition) is 1. The van der Waals surface area contributed by atoms with Crippen LogP contribution in [0.1, 0.15) is 30.6 Å². The Bertz CT molecular complexity index is 334. The van der Waals surface area contributed by atoms with Crippen molar-refractivity contribution in [2.45, 2.75) is 24.3 Å². The fourth-order valence-corrected chi connectivity index (χ4v) is 1.23. The van der Waals surface area contributed by atoms with Gasteiger partial charge in [0.2, 0.25) is 0 Å². The van der Waals surface area contributed by atoms with Gasteiger partial charge >= 0.3 is 11.3 Å². The lowest BCUT2D eigenvalue weighted by molar-refractivity contribution is 0.0550. The minimum atomic E-state index is -3.62. The third-order valence-electron chi connectivity index (χ3n) is 2.11. The van der Waals surface area contributed by atoms with E-state index in [9.17, 15) is 8.78 Å². The average Bonchev–Trinajstić information content (AvgIpc) is 2.79. The zero-order valence-electron chi connectivity index (χ0n) is 7.08. The molecule has 0 aromatic carbocycles. The van der Waals surface area contributed by atoms with Crippen LogP contribution in [0, 0.1) is 5.92 Å². The number of aromatic nitrogens is 2. The zero-order valence-corrected chi connectivity index (χ0v) is 7.84. The second-order valence-electron chi connectivity index (χ2n) is 3.32. The fourth-order valence-electron chi connectivity index (χ4n) is 1.15. The molecule has 7 heteroatoms. The van der Waals surface area contributed by atoms with Crippen molar-refractivity contribution in [2.75, 3.05) is 0 Å². The Hall–Kier alpha value is -0.750. The van der Waals surface area contributed by atoms with E-state index in [0.717, 1.165) is 12.8 Å². The highest BCUT2D eigenvalue weighted by atomic mass is 35.5. The lowest BCUT2D eigenvalue weighted by atomic mass is 10.2. The van der Waals surface area contributed by atoms with Crippen molar-refractivity contribution < 1.29 is 13.3 Å². The molecule has 1 aliphatic rings. The maximum atomic E-state index is 12.5. The van der Waals surface area contributed by atoms with Crippen molar-refractivity contribution in [2.24, 2.45) is 11.7 Å². The van der Waals surface area contributed by atoms with Crippen LogP contribution in [0.3, 0.4) is 0 Å². The molecular formula is C7H8ClF2N3O. The minimum absolute atomic E-state index is 0.0998. The largest absolute Gasteiger partial charge is 0.400 e. The third kappa shape index (κ3) is 1.85. The van der Waals surface area contributed by atoms with Gasteiger partial charge in [-0.2, -0.15) is 13.8 Å². The quantitative estimate of drug-likeness (QED) is 0.793. The molecular weight excluding hydrogens is 216 g/mol. The molecule has 0 spiro atoms. The molecule has 1 heterocycles. The lowest BCUT2D eigenvalue weighted by Gasteiger charge is -2.02. The average molecular weight is 224 g/mol. The number of rotatable bonds is 3. The summed E-state index contributed by atoms with van der Waals surface area (Å²) >= 11 is 4.70.